The second kappa shape index (κ2) is 6.93. The first-order valence-electron chi connectivity index (χ1n) is 9.20. The summed E-state index contributed by atoms with van der Waals surface area (Å²) in [6.07, 6.45) is 3.39. The van der Waals surface area contributed by atoms with E-state index in [4.69, 9.17) is 0 Å². The van der Waals surface area contributed by atoms with E-state index < -0.39 is 0 Å². The lowest BCUT2D eigenvalue weighted by Crippen LogP contribution is -2.52. The van der Waals surface area contributed by atoms with E-state index in [-0.39, 0.29) is 17.2 Å². The Balaban J connectivity index is 1.46. The van der Waals surface area contributed by atoms with Gasteiger partial charge in [-0.25, -0.2) is 0 Å². The fourth-order valence-electron chi connectivity index (χ4n) is 4.55. The van der Waals surface area contributed by atoms with Gasteiger partial charge in [0.1, 0.15) is 0 Å². The van der Waals surface area contributed by atoms with Gasteiger partial charge in [-0.05, 0) is 54.8 Å². The summed E-state index contributed by atoms with van der Waals surface area (Å²) >= 11 is 1.85. The molecule has 2 aliphatic rings. The molecular formula is C21H26N2OS. The summed E-state index contributed by atoms with van der Waals surface area (Å²) in [5.41, 5.74) is 1.47. The minimum atomic E-state index is 0.0313. The van der Waals surface area contributed by atoms with Crippen molar-refractivity contribution in [2.45, 2.75) is 31.7 Å². The number of hydrogen-bond acceptors (Lipinski definition) is 3. The molecule has 4 heteroatoms. The molecule has 4 rings (SSSR count). The van der Waals surface area contributed by atoms with E-state index in [1.807, 2.05) is 41.5 Å². The number of piperidine rings is 2. The van der Waals surface area contributed by atoms with Crippen LogP contribution in [0.3, 0.4) is 0 Å². The van der Waals surface area contributed by atoms with E-state index in [1.54, 1.807) is 0 Å². The van der Waals surface area contributed by atoms with Crippen molar-refractivity contribution in [1.82, 2.24) is 9.80 Å². The number of benzene rings is 1. The third kappa shape index (κ3) is 3.51. The lowest BCUT2D eigenvalue weighted by Gasteiger charge is -2.49. The molecule has 1 unspecified atom stereocenters. The number of hydrogen-bond donors (Lipinski definition) is 0. The Morgan fingerprint density at radius 3 is 2.56 bits per heavy atom. The van der Waals surface area contributed by atoms with Crippen molar-refractivity contribution < 1.29 is 4.79 Å². The van der Waals surface area contributed by atoms with Gasteiger partial charge in [-0.15, -0.1) is 11.3 Å². The Hall–Kier alpha value is -1.65. The molecule has 25 heavy (non-hydrogen) atoms. The fraction of sp³-hybridized carbons (Fsp3) is 0.476. The molecule has 1 aromatic carbocycles. The first-order valence-corrected chi connectivity index (χ1v) is 10.1. The van der Waals surface area contributed by atoms with Gasteiger partial charge >= 0.3 is 0 Å². The molecule has 0 saturated carbocycles. The number of likely N-dealkylation sites (N-methyl/N-ethyl adjacent to an activating group) is 1. The quantitative estimate of drug-likeness (QED) is 0.832. The molecule has 0 aliphatic carbocycles. The molecule has 0 radical (unpaired) electrons. The van der Waals surface area contributed by atoms with Crippen LogP contribution in [0.5, 0.6) is 0 Å². The zero-order chi connectivity index (χ0) is 17.3. The standard InChI is InChI=1S/C21H26N2OS/c1-22-16-21(14-19(20(22)24)17-6-3-2-4-7-17)9-11-23(12-10-21)15-18-8-5-13-25-18/h2-8,13,19H,9-12,14-16H2,1H3. The van der Waals surface area contributed by atoms with Gasteiger partial charge in [-0.1, -0.05) is 36.4 Å². The average Bonchev–Trinajstić information content (AvgIpc) is 3.14. The lowest BCUT2D eigenvalue weighted by atomic mass is 9.68. The zero-order valence-corrected chi connectivity index (χ0v) is 15.7. The van der Waals surface area contributed by atoms with Crippen molar-refractivity contribution in [3.8, 4) is 0 Å². The van der Waals surface area contributed by atoms with Crippen LogP contribution in [-0.2, 0) is 11.3 Å². The Morgan fingerprint density at radius 1 is 1.12 bits per heavy atom. The van der Waals surface area contributed by atoms with Crippen LogP contribution in [-0.4, -0.2) is 42.4 Å². The van der Waals surface area contributed by atoms with Gasteiger partial charge in [0.05, 0.1) is 5.92 Å². The highest BCUT2D eigenvalue weighted by Gasteiger charge is 2.44. The van der Waals surface area contributed by atoms with Gasteiger partial charge in [0, 0.05) is 25.0 Å². The highest BCUT2D eigenvalue weighted by Crippen LogP contribution is 2.45. The van der Waals surface area contributed by atoms with Gasteiger partial charge in [0.25, 0.3) is 0 Å². The molecule has 2 fully saturated rings. The molecule has 0 N–H and O–H groups in total. The fourth-order valence-corrected chi connectivity index (χ4v) is 5.29. The largest absolute Gasteiger partial charge is 0.345 e. The molecule has 2 saturated heterocycles. The maximum Gasteiger partial charge on any atom is 0.229 e. The number of carbonyl (C=O) groups excluding carboxylic acids is 1. The first-order chi connectivity index (χ1) is 12.2. The van der Waals surface area contributed by atoms with Crippen molar-refractivity contribution in [1.29, 1.82) is 0 Å². The highest BCUT2D eigenvalue weighted by atomic mass is 32.1. The van der Waals surface area contributed by atoms with E-state index in [0.717, 1.165) is 32.6 Å². The summed E-state index contributed by atoms with van der Waals surface area (Å²) in [7, 11) is 1.98. The third-order valence-corrected chi connectivity index (χ3v) is 6.82. The van der Waals surface area contributed by atoms with Crippen LogP contribution in [0.1, 0.15) is 35.6 Å². The minimum Gasteiger partial charge on any atom is -0.345 e. The van der Waals surface area contributed by atoms with Gasteiger partial charge in [0.15, 0.2) is 0 Å². The second-order valence-electron chi connectivity index (χ2n) is 7.72. The molecule has 2 aliphatic heterocycles. The smallest absolute Gasteiger partial charge is 0.229 e. The molecule has 2 aromatic rings. The minimum absolute atomic E-state index is 0.0313. The molecule has 3 heterocycles. The zero-order valence-electron chi connectivity index (χ0n) is 14.9. The van der Waals surface area contributed by atoms with Crippen LogP contribution in [0.4, 0.5) is 0 Å². The maximum atomic E-state index is 12.7. The summed E-state index contributed by atoms with van der Waals surface area (Å²) in [5.74, 6) is 0.321. The monoisotopic (exact) mass is 354 g/mol. The molecular weight excluding hydrogens is 328 g/mol. The number of rotatable bonds is 3. The Bertz CT molecular complexity index is 705. The van der Waals surface area contributed by atoms with Crippen LogP contribution in [0.25, 0.3) is 0 Å². The van der Waals surface area contributed by atoms with E-state index in [9.17, 15) is 4.79 Å². The molecule has 0 bridgehead atoms. The van der Waals surface area contributed by atoms with Gasteiger partial charge in [-0.2, -0.15) is 0 Å². The lowest BCUT2D eigenvalue weighted by molar-refractivity contribution is -0.139. The molecule has 3 nitrogen and oxygen atoms in total. The van der Waals surface area contributed by atoms with Crippen molar-refractivity contribution in [2.24, 2.45) is 5.41 Å². The normalized spacial score (nSPS) is 24.0. The third-order valence-electron chi connectivity index (χ3n) is 5.96. The van der Waals surface area contributed by atoms with Gasteiger partial charge in [0.2, 0.25) is 5.91 Å². The van der Waals surface area contributed by atoms with E-state index >= 15 is 0 Å². The van der Waals surface area contributed by atoms with Gasteiger partial charge in [-0.3, -0.25) is 9.69 Å². The first kappa shape index (κ1) is 16.8. The summed E-state index contributed by atoms with van der Waals surface area (Å²) in [6.45, 7) is 4.27. The van der Waals surface area contributed by atoms with Crippen LogP contribution in [0, 0.1) is 5.41 Å². The Kier molecular flexibility index (Phi) is 4.65. The average molecular weight is 355 g/mol. The van der Waals surface area contributed by atoms with E-state index in [0.29, 0.717) is 0 Å². The topological polar surface area (TPSA) is 23.6 Å². The summed E-state index contributed by atoms with van der Waals surface area (Å²) in [4.78, 5) is 18.8. The summed E-state index contributed by atoms with van der Waals surface area (Å²) in [5, 5.41) is 2.16. The number of amides is 1. The molecule has 1 spiro atoms. The Labute approximate surface area is 154 Å². The summed E-state index contributed by atoms with van der Waals surface area (Å²) < 4.78 is 0. The summed E-state index contributed by atoms with van der Waals surface area (Å²) in [6, 6.07) is 14.7. The van der Waals surface area contributed by atoms with Crippen molar-refractivity contribution in [3.63, 3.8) is 0 Å². The maximum absolute atomic E-state index is 12.7. The van der Waals surface area contributed by atoms with E-state index in [2.05, 4.69) is 34.5 Å². The second-order valence-corrected chi connectivity index (χ2v) is 8.75. The van der Waals surface area contributed by atoms with Crippen molar-refractivity contribution in [2.75, 3.05) is 26.7 Å². The number of thiophene rings is 1. The molecule has 132 valence electrons. The molecule has 1 atom stereocenters. The van der Waals surface area contributed by atoms with Crippen LogP contribution < -0.4 is 0 Å². The SMILES string of the molecule is CN1CC2(CCN(Cc3cccs3)CC2)CC(c2ccccc2)C1=O. The van der Waals surface area contributed by atoms with Gasteiger partial charge < -0.3 is 4.90 Å². The predicted molar refractivity (Wildman–Crippen MR) is 103 cm³/mol. The van der Waals surface area contributed by atoms with Crippen LogP contribution in [0.15, 0.2) is 47.8 Å². The predicted octanol–water partition coefficient (Wildman–Crippen LogP) is 3.98. The highest BCUT2D eigenvalue weighted by molar-refractivity contribution is 7.09. The van der Waals surface area contributed by atoms with Crippen molar-refractivity contribution >= 4 is 17.2 Å². The van der Waals surface area contributed by atoms with Crippen LogP contribution >= 0.6 is 11.3 Å². The molecule has 1 amide bonds. The number of likely N-dealkylation sites (tertiary alicyclic amines) is 2. The van der Waals surface area contributed by atoms with E-state index in [1.165, 1.54) is 23.3 Å². The Morgan fingerprint density at radius 2 is 1.88 bits per heavy atom. The van der Waals surface area contributed by atoms with Crippen LogP contribution in [0.2, 0.25) is 0 Å². The van der Waals surface area contributed by atoms with Crippen molar-refractivity contribution in [3.05, 3.63) is 58.3 Å². The molecule has 1 aromatic heterocycles. The number of carbonyl (C=O) groups is 1. The number of nitrogens with zero attached hydrogens (tertiary/aromatic N) is 2.